The zero-order valence-corrected chi connectivity index (χ0v) is 17.1. The molecule has 0 amide bonds. The van der Waals surface area contributed by atoms with E-state index in [1.807, 2.05) is 0 Å². The number of fused-ring (bicyclic) bond motifs is 5. The minimum atomic E-state index is -0.570. The molecule has 0 bridgehead atoms. The maximum absolute atomic E-state index is 12.3. The van der Waals surface area contributed by atoms with Crippen molar-refractivity contribution >= 4 is 11.9 Å². The molecule has 1 heterocycles. The smallest absolute Gasteiger partial charge is 0.309 e. The third kappa shape index (κ3) is 2.53. The lowest BCUT2D eigenvalue weighted by molar-refractivity contribution is -0.246. The number of cyclic esters (lactones) is 1. The summed E-state index contributed by atoms with van der Waals surface area (Å²) in [7, 11) is 0. The van der Waals surface area contributed by atoms with Gasteiger partial charge in [-0.15, -0.1) is 0 Å². The summed E-state index contributed by atoms with van der Waals surface area (Å²) in [6.45, 7) is 8.85. The van der Waals surface area contributed by atoms with E-state index in [0.717, 1.165) is 25.7 Å². The summed E-state index contributed by atoms with van der Waals surface area (Å²) in [5, 5.41) is 10.8. The van der Waals surface area contributed by atoms with Crippen LogP contribution < -0.4 is 0 Å². The van der Waals surface area contributed by atoms with Gasteiger partial charge in [0.2, 0.25) is 0 Å². The van der Waals surface area contributed by atoms with Crippen molar-refractivity contribution in [1.29, 1.82) is 0 Å². The Bertz CT molecular complexity index is 643. The van der Waals surface area contributed by atoms with Crippen LogP contribution in [-0.2, 0) is 19.1 Å². The molecule has 1 N–H and O–H groups in total. The molecule has 7 atom stereocenters. The van der Waals surface area contributed by atoms with E-state index < -0.39 is 5.41 Å². The van der Waals surface area contributed by atoms with Crippen molar-refractivity contribution in [2.75, 3.05) is 13.2 Å². The molecular formula is C22H34O5. The Morgan fingerprint density at radius 1 is 1.22 bits per heavy atom. The van der Waals surface area contributed by atoms with Crippen LogP contribution in [0.4, 0.5) is 0 Å². The number of esters is 2. The number of hydrogen-bond acceptors (Lipinski definition) is 5. The van der Waals surface area contributed by atoms with Gasteiger partial charge in [0.15, 0.2) is 0 Å². The molecule has 27 heavy (non-hydrogen) atoms. The highest BCUT2D eigenvalue weighted by atomic mass is 16.6. The molecule has 4 aliphatic rings. The fourth-order valence-corrected chi connectivity index (χ4v) is 7.98. The SMILES string of the molecule is CC(=O)OC1CC2C(C)(C)CCCC2(C)C2CCC3C(=O)OCC3C12CO. The van der Waals surface area contributed by atoms with Crippen LogP contribution in [-0.4, -0.2) is 36.4 Å². The van der Waals surface area contributed by atoms with E-state index in [9.17, 15) is 14.7 Å². The van der Waals surface area contributed by atoms with E-state index in [-0.39, 0.29) is 53.2 Å². The average Bonchev–Trinajstić information content (AvgIpc) is 2.97. The van der Waals surface area contributed by atoms with Gasteiger partial charge in [0.1, 0.15) is 6.10 Å². The Morgan fingerprint density at radius 3 is 2.63 bits per heavy atom. The van der Waals surface area contributed by atoms with Crippen molar-refractivity contribution in [3.63, 3.8) is 0 Å². The Kier molecular flexibility index (Phi) is 4.41. The van der Waals surface area contributed by atoms with E-state index in [1.54, 1.807) is 0 Å². The second kappa shape index (κ2) is 6.20. The summed E-state index contributed by atoms with van der Waals surface area (Å²) in [6, 6.07) is 0. The highest BCUT2D eigenvalue weighted by molar-refractivity contribution is 5.75. The molecule has 5 heteroatoms. The van der Waals surface area contributed by atoms with Crippen LogP contribution in [0.2, 0.25) is 0 Å². The topological polar surface area (TPSA) is 72.8 Å². The number of ether oxygens (including phenoxy) is 2. The number of hydrogen-bond donors (Lipinski definition) is 1. The van der Waals surface area contributed by atoms with Crippen molar-refractivity contribution in [2.24, 2.45) is 39.9 Å². The third-order valence-corrected chi connectivity index (χ3v) is 9.00. The summed E-state index contributed by atoms with van der Waals surface area (Å²) in [4.78, 5) is 24.3. The van der Waals surface area contributed by atoms with Crippen LogP contribution in [0.15, 0.2) is 0 Å². The second-order valence-corrected chi connectivity index (χ2v) is 10.5. The Hall–Kier alpha value is -1.10. The lowest BCUT2D eigenvalue weighted by Crippen LogP contribution is -2.67. The van der Waals surface area contributed by atoms with Crippen LogP contribution in [0.5, 0.6) is 0 Å². The van der Waals surface area contributed by atoms with Crippen LogP contribution in [0.1, 0.15) is 66.2 Å². The monoisotopic (exact) mass is 378 g/mol. The molecule has 4 fully saturated rings. The highest BCUT2D eigenvalue weighted by Crippen LogP contribution is 2.70. The number of aliphatic hydroxyl groups excluding tert-OH is 1. The molecule has 1 aliphatic heterocycles. The van der Waals surface area contributed by atoms with Gasteiger partial charge >= 0.3 is 11.9 Å². The fraction of sp³-hybridized carbons (Fsp3) is 0.909. The number of carbonyl (C=O) groups excluding carboxylic acids is 2. The van der Waals surface area contributed by atoms with Gasteiger partial charge in [0.05, 0.1) is 19.1 Å². The normalized spacial score (nSPS) is 48.0. The third-order valence-electron chi connectivity index (χ3n) is 9.00. The zero-order valence-electron chi connectivity index (χ0n) is 17.1. The van der Waals surface area contributed by atoms with Crippen molar-refractivity contribution in [1.82, 2.24) is 0 Å². The van der Waals surface area contributed by atoms with Gasteiger partial charge in [-0.25, -0.2) is 0 Å². The first-order valence-electron chi connectivity index (χ1n) is 10.6. The first-order valence-corrected chi connectivity index (χ1v) is 10.6. The van der Waals surface area contributed by atoms with E-state index >= 15 is 0 Å². The van der Waals surface area contributed by atoms with E-state index in [0.29, 0.717) is 12.5 Å². The maximum Gasteiger partial charge on any atom is 0.309 e. The maximum atomic E-state index is 12.3. The van der Waals surface area contributed by atoms with Gasteiger partial charge in [-0.1, -0.05) is 27.2 Å². The van der Waals surface area contributed by atoms with Gasteiger partial charge in [0.25, 0.3) is 0 Å². The first kappa shape index (κ1) is 19.2. The van der Waals surface area contributed by atoms with Crippen LogP contribution in [0.3, 0.4) is 0 Å². The van der Waals surface area contributed by atoms with Crippen LogP contribution >= 0.6 is 0 Å². The predicted molar refractivity (Wildman–Crippen MR) is 99.6 cm³/mol. The average molecular weight is 379 g/mol. The molecule has 7 unspecified atom stereocenters. The van der Waals surface area contributed by atoms with Crippen LogP contribution in [0.25, 0.3) is 0 Å². The number of carbonyl (C=O) groups is 2. The molecule has 0 aromatic rings. The summed E-state index contributed by atoms with van der Waals surface area (Å²) in [5.74, 6) is 0.0418. The summed E-state index contributed by atoms with van der Waals surface area (Å²) in [5.41, 5.74) is -0.289. The summed E-state index contributed by atoms with van der Waals surface area (Å²) in [6.07, 6.45) is 5.68. The lowest BCUT2D eigenvalue weighted by Gasteiger charge is -2.67. The minimum absolute atomic E-state index is 0.0455. The molecule has 3 saturated carbocycles. The van der Waals surface area contributed by atoms with Crippen molar-refractivity contribution in [3.8, 4) is 0 Å². The Balaban J connectivity index is 1.84. The van der Waals surface area contributed by atoms with E-state index in [2.05, 4.69) is 20.8 Å². The van der Waals surface area contributed by atoms with Crippen molar-refractivity contribution < 1.29 is 24.2 Å². The van der Waals surface area contributed by atoms with Gasteiger partial charge in [-0.05, 0) is 54.8 Å². The molecule has 0 aromatic heterocycles. The Morgan fingerprint density at radius 2 is 1.96 bits per heavy atom. The molecule has 3 aliphatic carbocycles. The lowest BCUT2D eigenvalue weighted by atomic mass is 9.38. The van der Waals surface area contributed by atoms with Gasteiger partial charge in [-0.2, -0.15) is 0 Å². The molecule has 152 valence electrons. The fourth-order valence-electron chi connectivity index (χ4n) is 7.98. The van der Waals surface area contributed by atoms with Crippen molar-refractivity contribution in [2.45, 2.75) is 72.3 Å². The van der Waals surface area contributed by atoms with Gasteiger partial charge in [-0.3, -0.25) is 9.59 Å². The molecule has 4 rings (SSSR count). The number of rotatable bonds is 2. The second-order valence-electron chi connectivity index (χ2n) is 10.5. The number of aliphatic hydroxyl groups is 1. The first-order chi connectivity index (χ1) is 12.7. The minimum Gasteiger partial charge on any atom is -0.465 e. The standard InChI is InChI=1S/C22H34O5/c1-13(24)27-18-10-17-20(2,3)8-5-9-21(17,4)16-7-6-14-15(11-26-19(14)25)22(16,18)12-23/h14-18,23H,5-12H2,1-4H3. The summed E-state index contributed by atoms with van der Waals surface area (Å²) < 4.78 is 11.4. The molecular weight excluding hydrogens is 344 g/mol. The highest BCUT2D eigenvalue weighted by Gasteiger charge is 2.70. The predicted octanol–water partition coefficient (Wildman–Crippen LogP) is 3.33. The van der Waals surface area contributed by atoms with E-state index in [4.69, 9.17) is 9.47 Å². The molecule has 0 radical (unpaired) electrons. The molecule has 1 saturated heterocycles. The summed E-state index contributed by atoms with van der Waals surface area (Å²) >= 11 is 0. The Labute approximate surface area is 162 Å². The largest absolute Gasteiger partial charge is 0.465 e. The van der Waals surface area contributed by atoms with E-state index in [1.165, 1.54) is 19.8 Å². The molecule has 0 aromatic carbocycles. The van der Waals surface area contributed by atoms with Crippen molar-refractivity contribution in [3.05, 3.63) is 0 Å². The zero-order chi connectivity index (χ0) is 19.6. The quantitative estimate of drug-likeness (QED) is 0.746. The van der Waals surface area contributed by atoms with Gasteiger partial charge in [0, 0.05) is 18.3 Å². The molecule has 5 nitrogen and oxygen atoms in total. The molecule has 0 spiro atoms. The van der Waals surface area contributed by atoms with Crippen LogP contribution in [0, 0.1) is 39.9 Å². The van der Waals surface area contributed by atoms with Gasteiger partial charge < -0.3 is 14.6 Å².